The molecule has 0 bridgehead atoms. The Balaban J connectivity index is 0.00000170. The van der Waals surface area contributed by atoms with Gasteiger partial charge in [0.15, 0.2) is 0 Å². The molecule has 0 N–H and O–H groups in total. The van der Waals surface area contributed by atoms with Crippen molar-refractivity contribution >= 4 is 10.4 Å². The molecule has 0 atom stereocenters. The van der Waals surface area contributed by atoms with Crippen LogP contribution in [0.4, 0.5) is 0 Å². The fourth-order valence-corrected chi connectivity index (χ4v) is 4.28. The van der Waals surface area contributed by atoms with Crippen LogP contribution in [0.1, 0.15) is 115 Å². The Bertz CT molecular complexity index is 677. The van der Waals surface area contributed by atoms with Crippen LogP contribution >= 0.6 is 0 Å². The molecular formula is C29H55NO4S. The van der Waals surface area contributed by atoms with E-state index in [0.29, 0.717) is 0 Å². The van der Waals surface area contributed by atoms with Crippen molar-refractivity contribution in [1.29, 1.82) is 0 Å². The summed E-state index contributed by atoms with van der Waals surface area (Å²) in [5.41, 5.74) is 1.48. The molecule has 5 nitrogen and oxygen atoms in total. The summed E-state index contributed by atoms with van der Waals surface area (Å²) in [5.74, 6) is 0. The zero-order valence-corrected chi connectivity index (χ0v) is 24.1. The maximum Gasteiger partial charge on any atom is 0.217 e. The highest BCUT2D eigenvalue weighted by Crippen LogP contribution is 2.14. The molecule has 0 unspecified atom stereocenters. The summed E-state index contributed by atoms with van der Waals surface area (Å²) in [6.45, 7) is 4.88. The first-order valence-corrected chi connectivity index (χ1v) is 15.4. The van der Waals surface area contributed by atoms with Crippen LogP contribution in [0.15, 0.2) is 30.3 Å². The van der Waals surface area contributed by atoms with Gasteiger partial charge in [-0.3, -0.25) is 4.18 Å². The van der Waals surface area contributed by atoms with Gasteiger partial charge in [-0.25, -0.2) is 8.42 Å². The standard InChI is InChI=1S/C28H52N.CH4O4S/c1-4-5-6-7-8-9-10-11-12-13-14-15-16-17-18-22-26-29(2,3)27-25-28-23-20-19-21-24-28;1-5-6(2,3)4/h19-21,23-24H,4-18,22,25-27H2,1-3H3;1H3,(H,2,3,4)/q+1;/p-1. The van der Waals surface area contributed by atoms with Gasteiger partial charge in [-0.15, -0.1) is 0 Å². The summed E-state index contributed by atoms with van der Waals surface area (Å²) in [7, 11) is 1.19. The van der Waals surface area contributed by atoms with Crippen molar-refractivity contribution in [3.05, 3.63) is 35.9 Å². The third-order valence-corrected chi connectivity index (χ3v) is 7.08. The van der Waals surface area contributed by atoms with Crippen molar-refractivity contribution in [3.8, 4) is 0 Å². The fraction of sp³-hybridized carbons (Fsp3) is 0.793. The second kappa shape index (κ2) is 22.3. The molecule has 0 amide bonds. The zero-order valence-electron chi connectivity index (χ0n) is 23.3. The molecule has 206 valence electrons. The molecule has 1 rings (SSSR count). The first-order valence-electron chi connectivity index (χ1n) is 14.1. The maximum absolute atomic E-state index is 9.22. The summed E-state index contributed by atoms with van der Waals surface area (Å²) in [4.78, 5) is 0. The van der Waals surface area contributed by atoms with Crippen LogP contribution in [0.5, 0.6) is 0 Å². The predicted octanol–water partition coefficient (Wildman–Crippen LogP) is 7.66. The van der Waals surface area contributed by atoms with Gasteiger partial charge >= 0.3 is 0 Å². The summed E-state index contributed by atoms with van der Waals surface area (Å²) < 4.78 is 32.2. The number of quaternary nitrogens is 1. The number of rotatable bonds is 21. The average molecular weight is 514 g/mol. The van der Waals surface area contributed by atoms with E-state index in [1.54, 1.807) is 0 Å². The van der Waals surface area contributed by atoms with E-state index in [4.69, 9.17) is 0 Å². The van der Waals surface area contributed by atoms with Gasteiger partial charge in [-0.2, -0.15) is 0 Å². The Hall–Kier alpha value is -0.950. The lowest BCUT2D eigenvalue weighted by Crippen LogP contribution is -2.42. The van der Waals surface area contributed by atoms with Crippen LogP contribution < -0.4 is 0 Å². The van der Waals surface area contributed by atoms with Gasteiger partial charge in [0, 0.05) is 6.42 Å². The Morgan fingerprint density at radius 3 is 1.43 bits per heavy atom. The van der Waals surface area contributed by atoms with Gasteiger partial charge in [0.2, 0.25) is 10.4 Å². The van der Waals surface area contributed by atoms with Gasteiger partial charge in [-0.05, 0) is 18.4 Å². The number of unbranched alkanes of at least 4 members (excludes halogenated alkanes) is 15. The van der Waals surface area contributed by atoms with Gasteiger partial charge < -0.3 is 9.04 Å². The first-order chi connectivity index (χ1) is 16.7. The highest BCUT2D eigenvalue weighted by molar-refractivity contribution is 7.80. The SMILES string of the molecule is CCCCCCCCCCCCCCCCCC[N+](C)(C)CCc1ccccc1.COS(=O)(=O)[O-]. The third kappa shape index (κ3) is 25.9. The number of likely N-dealkylation sites (N-methyl/N-ethyl adjacent to an activating group) is 1. The van der Waals surface area contributed by atoms with E-state index in [1.165, 1.54) is 128 Å². The van der Waals surface area contributed by atoms with Crippen molar-refractivity contribution in [2.45, 2.75) is 116 Å². The minimum atomic E-state index is -4.41. The van der Waals surface area contributed by atoms with Crippen molar-refractivity contribution in [3.63, 3.8) is 0 Å². The maximum atomic E-state index is 9.22. The van der Waals surface area contributed by atoms with E-state index in [9.17, 15) is 13.0 Å². The molecule has 0 aliphatic heterocycles. The molecule has 1 aromatic rings. The van der Waals surface area contributed by atoms with Gasteiger partial charge in [0.25, 0.3) is 0 Å². The van der Waals surface area contributed by atoms with E-state index in [0.717, 1.165) is 11.6 Å². The summed E-state index contributed by atoms with van der Waals surface area (Å²) >= 11 is 0. The normalized spacial score (nSPS) is 11.8. The average Bonchev–Trinajstić information content (AvgIpc) is 2.83. The summed E-state index contributed by atoms with van der Waals surface area (Å²) in [6, 6.07) is 10.9. The van der Waals surface area contributed by atoms with E-state index in [1.807, 2.05) is 0 Å². The van der Waals surface area contributed by atoms with Crippen LogP contribution in [0, 0.1) is 0 Å². The van der Waals surface area contributed by atoms with E-state index in [2.05, 4.69) is 55.5 Å². The molecule has 0 aromatic heterocycles. The molecule has 0 saturated carbocycles. The first kappa shape index (κ1) is 34.0. The molecule has 0 radical (unpaired) electrons. The lowest BCUT2D eigenvalue weighted by molar-refractivity contribution is -0.890. The van der Waals surface area contributed by atoms with Gasteiger partial charge in [-0.1, -0.05) is 127 Å². The Morgan fingerprint density at radius 1 is 0.686 bits per heavy atom. The Labute approximate surface area is 218 Å². The van der Waals surface area contributed by atoms with E-state index in [-0.39, 0.29) is 0 Å². The number of nitrogens with zero attached hydrogens (tertiary/aromatic N) is 1. The quantitative estimate of drug-likeness (QED) is 0.0732. The number of benzene rings is 1. The van der Waals surface area contributed by atoms with Crippen LogP contribution in [0.3, 0.4) is 0 Å². The molecule has 0 fully saturated rings. The molecular weight excluding hydrogens is 458 g/mol. The van der Waals surface area contributed by atoms with Crippen LogP contribution in [-0.4, -0.2) is 51.7 Å². The highest BCUT2D eigenvalue weighted by atomic mass is 32.3. The van der Waals surface area contributed by atoms with E-state index >= 15 is 0 Å². The molecule has 6 heteroatoms. The van der Waals surface area contributed by atoms with Crippen LogP contribution in [0.25, 0.3) is 0 Å². The monoisotopic (exact) mass is 513 g/mol. The lowest BCUT2D eigenvalue weighted by Gasteiger charge is -2.30. The van der Waals surface area contributed by atoms with Gasteiger partial charge in [0.05, 0.1) is 34.3 Å². The van der Waals surface area contributed by atoms with Crippen molar-refractivity contribution < 1.29 is 21.6 Å². The lowest BCUT2D eigenvalue weighted by atomic mass is 10.0. The predicted molar refractivity (Wildman–Crippen MR) is 148 cm³/mol. The molecule has 0 heterocycles. The molecule has 0 saturated heterocycles. The van der Waals surface area contributed by atoms with Crippen molar-refractivity contribution in [2.24, 2.45) is 0 Å². The van der Waals surface area contributed by atoms with Crippen molar-refractivity contribution in [2.75, 3.05) is 34.3 Å². The minimum Gasteiger partial charge on any atom is -0.726 e. The van der Waals surface area contributed by atoms with Crippen molar-refractivity contribution in [1.82, 2.24) is 0 Å². The largest absolute Gasteiger partial charge is 0.726 e. The highest BCUT2D eigenvalue weighted by Gasteiger charge is 2.14. The van der Waals surface area contributed by atoms with Crippen LogP contribution in [0.2, 0.25) is 0 Å². The Kier molecular flexibility index (Phi) is 21.7. The second-order valence-electron chi connectivity index (χ2n) is 10.5. The summed E-state index contributed by atoms with van der Waals surface area (Å²) in [6.07, 6.45) is 24.4. The second-order valence-corrected chi connectivity index (χ2v) is 11.6. The zero-order chi connectivity index (χ0) is 26.3. The summed E-state index contributed by atoms with van der Waals surface area (Å²) in [5, 5.41) is 0. The minimum absolute atomic E-state index is 0.808. The fourth-order valence-electron chi connectivity index (χ4n) is 4.28. The molecule has 0 spiro atoms. The number of hydrogen-bond donors (Lipinski definition) is 0. The molecule has 0 aliphatic carbocycles. The van der Waals surface area contributed by atoms with Gasteiger partial charge in [0.1, 0.15) is 0 Å². The third-order valence-electron chi connectivity index (χ3n) is 6.67. The molecule has 0 aliphatic rings. The topological polar surface area (TPSA) is 66.4 Å². The Morgan fingerprint density at radius 2 is 1.06 bits per heavy atom. The molecule has 1 aromatic carbocycles. The molecule has 35 heavy (non-hydrogen) atoms. The van der Waals surface area contributed by atoms with Crippen LogP contribution in [-0.2, 0) is 21.0 Å². The smallest absolute Gasteiger partial charge is 0.217 e. The van der Waals surface area contributed by atoms with E-state index < -0.39 is 10.4 Å². The number of hydrogen-bond acceptors (Lipinski definition) is 4.